The second kappa shape index (κ2) is 6.93. The van der Waals surface area contributed by atoms with Crippen molar-refractivity contribution in [2.24, 2.45) is 0 Å². The second-order valence-electron chi connectivity index (χ2n) is 4.63. The Kier molecular flexibility index (Phi) is 5.18. The van der Waals surface area contributed by atoms with Crippen molar-refractivity contribution in [2.45, 2.75) is 12.0 Å². The highest BCUT2D eigenvalue weighted by Gasteiger charge is 2.45. The molecule has 0 heterocycles. The number of aliphatic hydroxyl groups is 1. The number of carbonyl (C=O) groups is 1. The number of methoxy groups -OCH3 is 1. The van der Waals surface area contributed by atoms with Gasteiger partial charge in [-0.3, -0.25) is 0 Å². The van der Waals surface area contributed by atoms with Gasteiger partial charge in [0.25, 0.3) is 0 Å². The number of rotatable bonds is 5. The van der Waals surface area contributed by atoms with Crippen LogP contribution >= 0.6 is 11.6 Å². The lowest BCUT2D eigenvalue weighted by Gasteiger charge is -2.21. The summed E-state index contributed by atoms with van der Waals surface area (Å²) in [6, 6.07) is 11.3. The molecular formula is C16H13ClF2O4. The monoisotopic (exact) mass is 342 g/mol. The van der Waals surface area contributed by atoms with Gasteiger partial charge in [0.15, 0.2) is 0 Å². The molecule has 23 heavy (non-hydrogen) atoms. The van der Waals surface area contributed by atoms with E-state index >= 15 is 0 Å². The largest absolute Gasteiger partial charge is 0.467 e. The first-order valence-corrected chi connectivity index (χ1v) is 6.90. The van der Waals surface area contributed by atoms with E-state index in [-0.39, 0.29) is 0 Å². The van der Waals surface area contributed by atoms with Crippen molar-refractivity contribution in [1.29, 1.82) is 0 Å². The number of benzene rings is 2. The summed E-state index contributed by atoms with van der Waals surface area (Å²) in [6.45, 7) is 0. The van der Waals surface area contributed by atoms with E-state index in [1.807, 2.05) is 0 Å². The summed E-state index contributed by atoms with van der Waals surface area (Å²) in [7, 11) is 0.921. The van der Waals surface area contributed by atoms with Gasteiger partial charge in [-0.1, -0.05) is 11.6 Å². The molecule has 1 N–H and O–H groups in total. The molecule has 0 aliphatic heterocycles. The molecule has 0 radical (unpaired) electrons. The molecule has 122 valence electrons. The minimum atomic E-state index is -3.77. The minimum absolute atomic E-state index is 0.319. The molecule has 2 rings (SSSR count). The molecule has 0 amide bonds. The maximum Gasteiger partial charge on any atom is 0.341 e. The maximum atomic E-state index is 14.0. The lowest BCUT2D eigenvalue weighted by atomic mass is 10.0. The van der Waals surface area contributed by atoms with Crippen LogP contribution in [-0.4, -0.2) is 24.3 Å². The zero-order chi connectivity index (χ0) is 17.0. The quantitative estimate of drug-likeness (QED) is 0.841. The molecule has 0 saturated heterocycles. The average molecular weight is 343 g/mol. The normalized spacial score (nSPS) is 12.6. The van der Waals surface area contributed by atoms with Gasteiger partial charge >= 0.3 is 11.9 Å². The van der Waals surface area contributed by atoms with Crippen LogP contribution in [0.1, 0.15) is 5.56 Å². The number of halogens is 3. The van der Waals surface area contributed by atoms with Crippen LogP contribution in [0.5, 0.6) is 11.5 Å². The van der Waals surface area contributed by atoms with E-state index in [2.05, 4.69) is 4.74 Å². The summed E-state index contributed by atoms with van der Waals surface area (Å²) in [4.78, 5) is 11.1. The number of hydrogen-bond acceptors (Lipinski definition) is 4. The molecule has 1 atom stereocenters. The van der Waals surface area contributed by atoms with E-state index in [4.69, 9.17) is 16.3 Å². The number of ether oxygens (including phenoxy) is 2. The Balaban J connectivity index is 2.15. The third-order valence-corrected chi connectivity index (χ3v) is 3.31. The SMILES string of the molecule is COC(=O)C(O)C(F)(F)c1ccc(Oc2ccc(Cl)cc2)cc1. The first kappa shape index (κ1) is 17.2. The molecular weight excluding hydrogens is 330 g/mol. The van der Waals surface area contributed by atoms with E-state index in [1.54, 1.807) is 24.3 Å². The molecule has 7 heteroatoms. The van der Waals surface area contributed by atoms with Gasteiger partial charge in [-0.15, -0.1) is 0 Å². The summed E-state index contributed by atoms with van der Waals surface area (Å²) in [5.74, 6) is -4.37. The van der Waals surface area contributed by atoms with Crippen LogP contribution in [0, 0.1) is 0 Å². The summed E-state index contributed by atoms with van der Waals surface area (Å²) in [5, 5.41) is 9.91. The lowest BCUT2D eigenvalue weighted by Crippen LogP contribution is -2.38. The zero-order valence-electron chi connectivity index (χ0n) is 12.0. The number of alkyl halides is 2. The average Bonchev–Trinajstić information content (AvgIpc) is 2.56. The molecule has 4 nitrogen and oxygen atoms in total. The van der Waals surface area contributed by atoms with Crippen molar-refractivity contribution in [3.05, 3.63) is 59.1 Å². The smallest absolute Gasteiger partial charge is 0.341 e. The van der Waals surface area contributed by atoms with E-state index in [0.717, 1.165) is 19.2 Å². The van der Waals surface area contributed by atoms with Crippen LogP contribution < -0.4 is 4.74 Å². The molecule has 0 spiro atoms. The standard InChI is InChI=1S/C16H13ClF2O4/c1-22-15(21)14(20)16(18,19)10-2-6-12(7-3-10)23-13-8-4-11(17)5-9-13/h2-9,14,20H,1H3. The molecule has 0 aromatic heterocycles. The zero-order valence-corrected chi connectivity index (χ0v) is 12.8. The fourth-order valence-corrected chi connectivity index (χ4v) is 1.93. The van der Waals surface area contributed by atoms with Gasteiger partial charge in [0.2, 0.25) is 6.10 Å². The van der Waals surface area contributed by atoms with E-state index in [1.165, 1.54) is 12.1 Å². The molecule has 0 saturated carbocycles. The fraction of sp³-hybridized carbons (Fsp3) is 0.188. The van der Waals surface area contributed by atoms with Gasteiger partial charge in [0.05, 0.1) is 7.11 Å². The third-order valence-electron chi connectivity index (χ3n) is 3.06. The summed E-state index contributed by atoms with van der Waals surface area (Å²) >= 11 is 5.75. The van der Waals surface area contributed by atoms with Gasteiger partial charge in [-0.25, -0.2) is 4.79 Å². The van der Waals surface area contributed by atoms with Crippen LogP contribution in [0.15, 0.2) is 48.5 Å². The Labute approximate surface area is 136 Å². The molecule has 0 aliphatic rings. The maximum absolute atomic E-state index is 14.0. The first-order chi connectivity index (χ1) is 10.8. The van der Waals surface area contributed by atoms with Crippen molar-refractivity contribution in [2.75, 3.05) is 7.11 Å². The molecule has 0 fully saturated rings. The van der Waals surface area contributed by atoms with Crippen molar-refractivity contribution in [1.82, 2.24) is 0 Å². The van der Waals surface area contributed by atoms with E-state index in [0.29, 0.717) is 16.5 Å². The Hall–Kier alpha value is -2.18. The summed E-state index contributed by atoms with van der Waals surface area (Å²) in [5.41, 5.74) is -0.529. The van der Waals surface area contributed by atoms with Crippen LogP contribution in [0.25, 0.3) is 0 Å². The highest BCUT2D eigenvalue weighted by atomic mass is 35.5. The Morgan fingerprint density at radius 3 is 2.04 bits per heavy atom. The van der Waals surface area contributed by atoms with Gasteiger partial charge in [0.1, 0.15) is 11.5 Å². The minimum Gasteiger partial charge on any atom is -0.467 e. The predicted molar refractivity (Wildman–Crippen MR) is 79.9 cm³/mol. The molecule has 0 aliphatic carbocycles. The first-order valence-electron chi connectivity index (χ1n) is 6.52. The van der Waals surface area contributed by atoms with Gasteiger partial charge in [-0.2, -0.15) is 8.78 Å². The molecule has 2 aromatic rings. The summed E-state index contributed by atoms with van der Waals surface area (Å²) < 4.78 is 37.6. The van der Waals surface area contributed by atoms with Crippen LogP contribution in [0.4, 0.5) is 8.78 Å². The highest BCUT2D eigenvalue weighted by molar-refractivity contribution is 6.30. The fourth-order valence-electron chi connectivity index (χ4n) is 1.80. The third kappa shape index (κ3) is 3.97. The van der Waals surface area contributed by atoms with E-state index in [9.17, 15) is 18.7 Å². The molecule has 1 unspecified atom stereocenters. The second-order valence-corrected chi connectivity index (χ2v) is 5.07. The van der Waals surface area contributed by atoms with Crippen LogP contribution in [0.3, 0.4) is 0 Å². The number of aliphatic hydroxyl groups excluding tert-OH is 1. The predicted octanol–water partition coefficient (Wildman–Crippen LogP) is 3.76. The lowest BCUT2D eigenvalue weighted by molar-refractivity contribution is -0.176. The van der Waals surface area contributed by atoms with Gasteiger partial charge in [0, 0.05) is 10.6 Å². The Morgan fingerprint density at radius 1 is 1.09 bits per heavy atom. The van der Waals surface area contributed by atoms with Crippen molar-refractivity contribution >= 4 is 17.6 Å². The molecule has 0 bridgehead atoms. The van der Waals surface area contributed by atoms with Gasteiger partial charge < -0.3 is 14.6 Å². The van der Waals surface area contributed by atoms with Gasteiger partial charge in [-0.05, 0) is 48.5 Å². The topological polar surface area (TPSA) is 55.8 Å². The Morgan fingerprint density at radius 2 is 1.57 bits per heavy atom. The van der Waals surface area contributed by atoms with Crippen molar-refractivity contribution in [3.8, 4) is 11.5 Å². The number of esters is 1. The summed E-state index contributed by atoms with van der Waals surface area (Å²) in [6.07, 6.45) is -2.57. The van der Waals surface area contributed by atoms with Crippen molar-refractivity contribution in [3.63, 3.8) is 0 Å². The Bertz CT molecular complexity index is 671. The molecule has 2 aromatic carbocycles. The highest BCUT2D eigenvalue weighted by Crippen LogP contribution is 2.34. The van der Waals surface area contributed by atoms with Crippen molar-refractivity contribution < 1.29 is 28.2 Å². The number of hydrogen-bond donors (Lipinski definition) is 1. The van der Waals surface area contributed by atoms with Crippen LogP contribution in [0.2, 0.25) is 5.02 Å². The van der Waals surface area contributed by atoms with Crippen LogP contribution in [-0.2, 0) is 15.5 Å². The van der Waals surface area contributed by atoms with E-state index < -0.39 is 23.6 Å². The number of carbonyl (C=O) groups excluding carboxylic acids is 1.